The van der Waals surface area contributed by atoms with E-state index in [0.29, 0.717) is 11.3 Å². The minimum absolute atomic E-state index is 0.0117. The molecule has 0 radical (unpaired) electrons. The summed E-state index contributed by atoms with van der Waals surface area (Å²) in [5, 5.41) is 7.68. The Bertz CT molecular complexity index is 550. The molecule has 0 unspecified atom stereocenters. The van der Waals surface area contributed by atoms with Crippen LogP contribution in [-0.2, 0) is 4.79 Å². The SMILES string of the molecule is CNC(=O)c1ccc(NC(=O)NCC(=O)N2CCCC2)cc1. The normalized spacial score (nSPS) is 13.6. The number of likely N-dealkylation sites (tertiary alicyclic amines) is 1. The molecule has 0 aromatic heterocycles. The number of urea groups is 1. The summed E-state index contributed by atoms with van der Waals surface area (Å²) >= 11 is 0. The van der Waals surface area contributed by atoms with Crippen molar-refractivity contribution in [2.75, 3.05) is 32.0 Å². The molecule has 1 fully saturated rings. The molecule has 1 aromatic carbocycles. The molecule has 1 heterocycles. The molecule has 1 saturated heterocycles. The van der Waals surface area contributed by atoms with Gasteiger partial charge in [0.1, 0.15) is 0 Å². The zero-order valence-electron chi connectivity index (χ0n) is 12.5. The maximum atomic E-state index is 11.8. The van der Waals surface area contributed by atoms with Crippen molar-refractivity contribution >= 4 is 23.5 Å². The van der Waals surface area contributed by atoms with Gasteiger partial charge in [0.05, 0.1) is 6.54 Å². The van der Waals surface area contributed by atoms with Gasteiger partial charge in [-0.15, -0.1) is 0 Å². The van der Waals surface area contributed by atoms with Crippen molar-refractivity contribution in [3.8, 4) is 0 Å². The predicted molar refractivity (Wildman–Crippen MR) is 82.7 cm³/mol. The molecule has 1 aliphatic heterocycles. The number of nitrogens with zero attached hydrogens (tertiary/aromatic N) is 1. The molecule has 2 rings (SSSR count). The fourth-order valence-electron chi connectivity index (χ4n) is 2.26. The molecule has 7 nitrogen and oxygen atoms in total. The number of hydrogen-bond donors (Lipinski definition) is 3. The van der Waals surface area contributed by atoms with E-state index in [1.54, 1.807) is 36.2 Å². The van der Waals surface area contributed by atoms with Gasteiger partial charge < -0.3 is 20.9 Å². The summed E-state index contributed by atoms with van der Waals surface area (Å²) in [6, 6.07) is 6.05. The van der Waals surface area contributed by atoms with E-state index in [4.69, 9.17) is 0 Å². The van der Waals surface area contributed by atoms with E-state index in [-0.39, 0.29) is 18.4 Å². The van der Waals surface area contributed by atoms with E-state index < -0.39 is 6.03 Å². The molecule has 0 saturated carbocycles. The van der Waals surface area contributed by atoms with Crippen LogP contribution in [0.15, 0.2) is 24.3 Å². The Labute approximate surface area is 129 Å². The molecule has 22 heavy (non-hydrogen) atoms. The quantitative estimate of drug-likeness (QED) is 0.768. The fraction of sp³-hybridized carbons (Fsp3) is 0.400. The second-order valence-corrected chi connectivity index (χ2v) is 5.05. The number of anilines is 1. The van der Waals surface area contributed by atoms with Crippen molar-refractivity contribution < 1.29 is 14.4 Å². The lowest BCUT2D eigenvalue weighted by atomic mass is 10.2. The lowest BCUT2D eigenvalue weighted by Crippen LogP contribution is -2.40. The molecule has 1 aromatic rings. The highest BCUT2D eigenvalue weighted by Gasteiger charge is 2.18. The van der Waals surface area contributed by atoms with Gasteiger partial charge in [0.15, 0.2) is 0 Å². The Balaban J connectivity index is 1.79. The first kappa shape index (κ1) is 15.8. The van der Waals surface area contributed by atoms with Crippen LogP contribution in [-0.4, -0.2) is 49.4 Å². The molecular weight excluding hydrogens is 284 g/mol. The summed E-state index contributed by atoms with van der Waals surface area (Å²) < 4.78 is 0. The summed E-state index contributed by atoms with van der Waals surface area (Å²) in [5.41, 5.74) is 1.07. The smallest absolute Gasteiger partial charge is 0.319 e. The van der Waals surface area contributed by atoms with E-state index in [9.17, 15) is 14.4 Å². The van der Waals surface area contributed by atoms with Gasteiger partial charge in [-0.1, -0.05) is 0 Å². The summed E-state index contributed by atoms with van der Waals surface area (Å²) in [6.45, 7) is 1.52. The third kappa shape index (κ3) is 4.21. The van der Waals surface area contributed by atoms with Gasteiger partial charge >= 0.3 is 6.03 Å². The zero-order valence-corrected chi connectivity index (χ0v) is 12.5. The maximum absolute atomic E-state index is 11.8. The number of rotatable bonds is 4. The van der Waals surface area contributed by atoms with Gasteiger partial charge in [0.25, 0.3) is 5.91 Å². The van der Waals surface area contributed by atoms with Crippen LogP contribution in [0, 0.1) is 0 Å². The Morgan fingerprint density at radius 1 is 1.09 bits per heavy atom. The lowest BCUT2D eigenvalue weighted by Gasteiger charge is -2.15. The topological polar surface area (TPSA) is 90.5 Å². The highest BCUT2D eigenvalue weighted by molar-refractivity contribution is 5.95. The largest absolute Gasteiger partial charge is 0.355 e. The predicted octanol–water partition coefficient (Wildman–Crippen LogP) is 0.790. The molecule has 7 heteroatoms. The molecule has 0 aliphatic carbocycles. The van der Waals surface area contributed by atoms with Crippen molar-refractivity contribution in [3.63, 3.8) is 0 Å². The highest BCUT2D eigenvalue weighted by Crippen LogP contribution is 2.09. The second kappa shape index (κ2) is 7.44. The van der Waals surface area contributed by atoms with E-state index in [2.05, 4.69) is 16.0 Å². The first-order chi connectivity index (χ1) is 10.6. The number of amides is 4. The average molecular weight is 304 g/mol. The van der Waals surface area contributed by atoms with Crippen LogP contribution >= 0.6 is 0 Å². The first-order valence-corrected chi connectivity index (χ1v) is 7.25. The Morgan fingerprint density at radius 3 is 2.32 bits per heavy atom. The summed E-state index contributed by atoms with van der Waals surface area (Å²) in [7, 11) is 1.55. The van der Waals surface area contributed by atoms with Gasteiger partial charge in [0, 0.05) is 31.4 Å². The van der Waals surface area contributed by atoms with Crippen LogP contribution in [0.5, 0.6) is 0 Å². The van der Waals surface area contributed by atoms with E-state index in [1.807, 2.05) is 0 Å². The number of carbonyl (C=O) groups excluding carboxylic acids is 3. The minimum Gasteiger partial charge on any atom is -0.355 e. The molecule has 0 bridgehead atoms. The fourth-order valence-corrected chi connectivity index (χ4v) is 2.26. The van der Waals surface area contributed by atoms with Crippen molar-refractivity contribution in [2.24, 2.45) is 0 Å². The third-order valence-corrected chi connectivity index (χ3v) is 3.49. The molecule has 0 atom stereocenters. The van der Waals surface area contributed by atoms with Crippen LogP contribution in [0.2, 0.25) is 0 Å². The highest BCUT2D eigenvalue weighted by atomic mass is 16.2. The van der Waals surface area contributed by atoms with Gasteiger partial charge in [-0.25, -0.2) is 4.79 Å². The monoisotopic (exact) mass is 304 g/mol. The van der Waals surface area contributed by atoms with Crippen LogP contribution in [0.3, 0.4) is 0 Å². The van der Waals surface area contributed by atoms with E-state index >= 15 is 0 Å². The average Bonchev–Trinajstić information content (AvgIpc) is 3.07. The number of hydrogen-bond acceptors (Lipinski definition) is 3. The number of carbonyl (C=O) groups is 3. The van der Waals surface area contributed by atoms with Crippen molar-refractivity contribution in [3.05, 3.63) is 29.8 Å². The minimum atomic E-state index is -0.444. The number of nitrogens with one attached hydrogen (secondary N) is 3. The Morgan fingerprint density at radius 2 is 1.73 bits per heavy atom. The lowest BCUT2D eigenvalue weighted by molar-refractivity contribution is -0.128. The standard InChI is InChI=1S/C15H20N4O3/c1-16-14(21)11-4-6-12(7-5-11)18-15(22)17-10-13(20)19-8-2-3-9-19/h4-7H,2-3,8-10H2,1H3,(H,16,21)(H2,17,18,22). The van der Waals surface area contributed by atoms with Gasteiger partial charge in [-0.3, -0.25) is 9.59 Å². The van der Waals surface area contributed by atoms with Crippen molar-refractivity contribution in [1.82, 2.24) is 15.5 Å². The second-order valence-electron chi connectivity index (χ2n) is 5.05. The van der Waals surface area contributed by atoms with Crippen LogP contribution < -0.4 is 16.0 Å². The molecule has 3 N–H and O–H groups in total. The molecule has 1 aliphatic rings. The summed E-state index contributed by atoms with van der Waals surface area (Å²) in [5.74, 6) is -0.255. The third-order valence-electron chi connectivity index (χ3n) is 3.49. The van der Waals surface area contributed by atoms with Crippen molar-refractivity contribution in [1.29, 1.82) is 0 Å². The van der Waals surface area contributed by atoms with Crippen LogP contribution in [0.25, 0.3) is 0 Å². The Hall–Kier alpha value is -2.57. The molecule has 0 spiro atoms. The summed E-state index contributed by atoms with van der Waals surface area (Å²) in [4.78, 5) is 36.7. The van der Waals surface area contributed by atoms with Crippen LogP contribution in [0.1, 0.15) is 23.2 Å². The molecular formula is C15H20N4O3. The molecule has 118 valence electrons. The summed E-state index contributed by atoms with van der Waals surface area (Å²) in [6.07, 6.45) is 2.05. The van der Waals surface area contributed by atoms with E-state index in [1.165, 1.54) is 0 Å². The number of benzene rings is 1. The van der Waals surface area contributed by atoms with Gasteiger partial charge in [-0.2, -0.15) is 0 Å². The van der Waals surface area contributed by atoms with Gasteiger partial charge in [-0.05, 0) is 37.1 Å². The van der Waals surface area contributed by atoms with Crippen molar-refractivity contribution in [2.45, 2.75) is 12.8 Å². The maximum Gasteiger partial charge on any atom is 0.319 e. The van der Waals surface area contributed by atoms with Crippen LogP contribution in [0.4, 0.5) is 10.5 Å². The van der Waals surface area contributed by atoms with E-state index in [0.717, 1.165) is 25.9 Å². The first-order valence-electron chi connectivity index (χ1n) is 7.25. The zero-order chi connectivity index (χ0) is 15.9. The van der Waals surface area contributed by atoms with Gasteiger partial charge in [0.2, 0.25) is 5.91 Å². The Kier molecular flexibility index (Phi) is 5.35. The molecule has 4 amide bonds.